The number of aromatic nitrogens is 3. The molecule has 0 radical (unpaired) electrons. The highest BCUT2D eigenvalue weighted by Crippen LogP contribution is 2.29. The average Bonchev–Trinajstić information content (AvgIpc) is 2.67. The monoisotopic (exact) mass is 352 g/mol. The van der Waals surface area contributed by atoms with Crippen LogP contribution in [-0.2, 0) is 6.54 Å². The zero-order valence-corrected chi connectivity index (χ0v) is 14.7. The predicted molar refractivity (Wildman–Crippen MR) is 101 cm³/mol. The topological polar surface area (TPSA) is 57.2 Å². The molecule has 0 atom stereocenters. The lowest BCUT2D eigenvalue weighted by atomic mass is 10.2. The molecule has 26 heavy (non-hydrogen) atoms. The third-order valence-electron chi connectivity index (χ3n) is 4.71. The van der Waals surface area contributed by atoms with Gasteiger partial charge in [0.2, 0.25) is 0 Å². The molecule has 6 nitrogen and oxygen atoms in total. The maximum atomic E-state index is 14.5. The van der Waals surface area contributed by atoms with Gasteiger partial charge in [0.05, 0.1) is 34.8 Å². The Morgan fingerprint density at radius 2 is 1.81 bits per heavy atom. The van der Waals surface area contributed by atoms with Crippen molar-refractivity contribution >= 4 is 22.4 Å². The predicted octanol–water partition coefficient (Wildman–Crippen LogP) is 2.53. The van der Waals surface area contributed by atoms with Crippen LogP contribution in [0.4, 0.5) is 15.8 Å². The standard InChI is InChI=1S/C19H21FN6/c1-25-6-8-26(9-7-25)19-15(20)12-21-13-18(19)24-11-14-2-3-16-17(10-14)23-5-4-22-16/h2-5,10,12-13,24H,6-9,11H2,1H3. The summed E-state index contributed by atoms with van der Waals surface area (Å²) in [4.78, 5) is 17.0. The van der Waals surface area contributed by atoms with E-state index in [1.165, 1.54) is 6.20 Å². The van der Waals surface area contributed by atoms with Crippen LogP contribution >= 0.6 is 0 Å². The Kier molecular flexibility index (Phi) is 4.62. The fourth-order valence-corrected chi connectivity index (χ4v) is 3.23. The number of nitrogens with zero attached hydrogens (tertiary/aromatic N) is 5. The second-order valence-corrected chi connectivity index (χ2v) is 6.54. The minimum Gasteiger partial charge on any atom is -0.378 e. The van der Waals surface area contributed by atoms with E-state index in [4.69, 9.17) is 0 Å². The Morgan fingerprint density at radius 1 is 1.04 bits per heavy atom. The number of anilines is 2. The summed E-state index contributed by atoms with van der Waals surface area (Å²) in [7, 11) is 2.09. The van der Waals surface area contributed by atoms with Gasteiger partial charge in [0.15, 0.2) is 5.82 Å². The number of hydrogen-bond donors (Lipinski definition) is 1. The van der Waals surface area contributed by atoms with E-state index >= 15 is 0 Å². The van der Waals surface area contributed by atoms with Gasteiger partial charge >= 0.3 is 0 Å². The summed E-state index contributed by atoms with van der Waals surface area (Å²) in [5, 5.41) is 3.34. The van der Waals surface area contributed by atoms with Crippen LogP contribution in [0.2, 0.25) is 0 Å². The SMILES string of the molecule is CN1CCN(c2c(F)cncc2NCc2ccc3nccnc3c2)CC1. The summed E-state index contributed by atoms with van der Waals surface area (Å²) in [6, 6.07) is 5.95. The van der Waals surface area contributed by atoms with Crippen LogP contribution in [0.15, 0.2) is 43.0 Å². The van der Waals surface area contributed by atoms with Crippen molar-refractivity contribution < 1.29 is 4.39 Å². The molecular weight excluding hydrogens is 331 g/mol. The molecule has 0 aliphatic carbocycles. The molecule has 1 aliphatic rings. The molecule has 0 amide bonds. The first-order chi connectivity index (χ1) is 12.7. The van der Waals surface area contributed by atoms with Crippen LogP contribution in [0.25, 0.3) is 11.0 Å². The molecule has 0 spiro atoms. The van der Waals surface area contributed by atoms with Crippen molar-refractivity contribution in [2.75, 3.05) is 43.4 Å². The van der Waals surface area contributed by atoms with Crippen LogP contribution in [-0.4, -0.2) is 53.1 Å². The molecular formula is C19H21FN6. The molecule has 4 rings (SSSR count). The average molecular weight is 352 g/mol. The minimum atomic E-state index is -0.288. The Balaban J connectivity index is 1.55. The highest BCUT2D eigenvalue weighted by Gasteiger charge is 2.20. The van der Waals surface area contributed by atoms with Gasteiger partial charge in [-0.3, -0.25) is 15.0 Å². The number of likely N-dealkylation sites (N-methyl/N-ethyl adjacent to an activating group) is 1. The molecule has 2 aromatic heterocycles. The van der Waals surface area contributed by atoms with Crippen LogP contribution < -0.4 is 10.2 Å². The van der Waals surface area contributed by atoms with Gasteiger partial charge in [-0.15, -0.1) is 0 Å². The maximum absolute atomic E-state index is 14.5. The molecule has 0 bridgehead atoms. The zero-order chi connectivity index (χ0) is 17.9. The Hall–Kier alpha value is -2.80. The molecule has 134 valence electrons. The molecule has 1 fully saturated rings. The van der Waals surface area contributed by atoms with Crippen molar-refractivity contribution in [1.82, 2.24) is 19.9 Å². The van der Waals surface area contributed by atoms with E-state index in [1.807, 2.05) is 18.2 Å². The fourth-order valence-electron chi connectivity index (χ4n) is 3.23. The van der Waals surface area contributed by atoms with Gasteiger partial charge < -0.3 is 15.1 Å². The third-order valence-corrected chi connectivity index (χ3v) is 4.71. The van der Waals surface area contributed by atoms with Gasteiger partial charge in [-0.1, -0.05) is 6.07 Å². The number of benzene rings is 1. The van der Waals surface area contributed by atoms with E-state index in [-0.39, 0.29) is 5.82 Å². The number of fused-ring (bicyclic) bond motifs is 1. The number of pyridine rings is 1. The summed E-state index contributed by atoms with van der Waals surface area (Å²) >= 11 is 0. The Bertz CT molecular complexity index is 907. The van der Waals surface area contributed by atoms with Crippen LogP contribution in [0.3, 0.4) is 0 Å². The van der Waals surface area contributed by atoms with E-state index in [0.29, 0.717) is 17.9 Å². The lowest BCUT2D eigenvalue weighted by Gasteiger charge is -2.35. The number of nitrogens with one attached hydrogen (secondary N) is 1. The highest BCUT2D eigenvalue weighted by atomic mass is 19.1. The number of hydrogen-bond acceptors (Lipinski definition) is 6. The number of piperazine rings is 1. The van der Waals surface area contributed by atoms with Crippen LogP contribution in [0, 0.1) is 5.82 Å². The molecule has 1 aromatic carbocycles. The van der Waals surface area contributed by atoms with Crippen molar-refractivity contribution in [2.45, 2.75) is 6.54 Å². The summed E-state index contributed by atoms with van der Waals surface area (Å²) in [6.07, 6.45) is 6.34. The molecule has 3 aromatic rings. The summed E-state index contributed by atoms with van der Waals surface area (Å²) in [6.45, 7) is 4.02. The van der Waals surface area contributed by atoms with Gasteiger partial charge in [-0.05, 0) is 24.7 Å². The molecule has 1 saturated heterocycles. The first-order valence-corrected chi connectivity index (χ1v) is 8.71. The zero-order valence-electron chi connectivity index (χ0n) is 14.7. The largest absolute Gasteiger partial charge is 0.378 e. The van der Waals surface area contributed by atoms with Crippen LogP contribution in [0.1, 0.15) is 5.56 Å². The van der Waals surface area contributed by atoms with Crippen molar-refractivity contribution in [1.29, 1.82) is 0 Å². The summed E-state index contributed by atoms with van der Waals surface area (Å²) < 4.78 is 14.5. The first-order valence-electron chi connectivity index (χ1n) is 8.71. The van der Waals surface area contributed by atoms with E-state index in [9.17, 15) is 4.39 Å². The van der Waals surface area contributed by atoms with E-state index in [0.717, 1.165) is 42.8 Å². The van der Waals surface area contributed by atoms with Gasteiger partial charge in [-0.25, -0.2) is 4.39 Å². The molecule has 0 unspecified atom stereocenters. The van der Waals surface area contributed by atoms with Crippen LogP contribution in [0.5, 0.6) is 0 Å². The van der Waals surface area contributed by atoms with Gasteiger partial charge in [0.1, 0.15) is 0 Å². The molecule has 0 saturated carbocycles. The fraction of sp³-hybridized carbons (Fsp3) is 0.316. The Morgan fingerprint density at radius 3 is 2.62 bits per heavy atom. The van der Waals surface area contributed by atoms with E-state index in [2.05, 4.69) is 37.1 Å². The third kappa shape index (κ3) is 3.43. The quantitative estimate of drug-likeness (QED) is 0.779. The maximum Gasteiger partial charge on any atom is 0.166 e. The first kappa shape index (κ1) is 16.7. The minimum absolute atomic E-state index is 0.288. The smallest absolute Gasteiger partial charge is 0.166 e. The highest BCUT2D eigenvalue weighted by molar-refractivity contribution is 5.75. The van der Waals surface area contributed by atoms with Gasteiger partial charge in [-0.2, -0.15) is 0 Å². The van der Waals surface area contributed by atoms with Crippen molar-refractivity contribution in [2.24, 2.45) is 0 Å². The van der Waals surface area contributed by atoms with Crippen molar-refractivity contribution in [3.8, 4) is 0 Å². The molecule has 3 heterocycles. The second kappa shape index (κ2) is 7.21. The summed E-state index contributed by atoms with van der Waals surface area (Å²) in [5.74, 6) is -0.288. The normalized spacial score (nSPS) is 15.4. The summed E-state index contributed by atoms with van der Waals surface area (Å²) in [5.41, 5.74) is 4.10. The lowest BCUT2D eigenvalue weighted by Crippen LogP contribution is -2.45. The van der Waals surface area contributed by atoms with E-state index in [1.54, 1.807) is 18.6 Å². The molecule has 1 N–H and O–H groups in total. The van der Waals surface area contributed by atoms with Crippen molar-refractivity contribution in [3.63, 3.8) is 0 Å². The van der Waals surface area contributed by atoms with Gasteiger partial charge in [0, 0.05) is 45.1 Å². The van der Waals surface area contributed by atoms with Crippen molar-refractivity contribution in [3.05, 3.63) is 54.4 Å². The van der Waals surface area contributed by atoms with E-state index < -0.39 is 0 Å². The molecule has 7 heteroatoms. The molecule has 1 aliphatic heterocycles. The Labute approximate surface area is 151 Å². The number of halogens is 1. The van der Waals surface area contributed by atoms with Gasteiger partial charge in [0.25, 0.3) is 0 Å². The number of rotatable bonds is 4. The lowest BCUT2D eigenvalue weighted by molar-refractivity contribution is 0.312. The second-order valence-electron chi connectivity index (χ2n) is 6.54.